The Morgan fingerprint density at radius 3 is 2.26 bits per heavy atom. The fourth-order valence-electron chi connectivity index (χ4n) is 5.12. The van der Waals surface area contributed by atoms with Crippen molar-refractivity contribution in [3.63, 3.8) is 0 Å². The Morgan fingerprint density at radius 1 is 0.968 bits per heavy atom. The molecule has 1 atom stereocenters. The maximum atomic E-state index is 12.8. The molecule has 0 spiro atoms. The van der Waals surface area contributed by atoms with Gasteiger partial charge in [0.15, 0.2) is 0 Å². The van der Waals surface area contributed by atoms with E-state index in [0.717, 1.165) is 19.0 Å². The van der Waals surface area contributed by atoms with Crippen LogP contribution in [0.25, 0.3) is 0 Å². The van der Waals surface area contributed by atoms with E-state index in [4.69, 9.17) is 0 Å². The van der Waals surface area contributed by atoms with Crippen molar-refractivity contribution < 1.29 is 19.6 Å². The zero-order valence-electron chi connectivity index (χ0n) is 18.3. The molecule has 5 nitrogen and oxygen atoms in total. The third-order valence-electron chi connectivity index (χ3n) is 7.16. The number of rotatable bonds is 5. The summed E-state index contributed by atoms with van der Waals surface area (Å²) in [6.07, 6.45) is 6.73. The summed E-state index contributed by atoms with van der Waals surface area (Å²) in [7, 11) is 0. The second kappa shape index (κ2) is 9.65. The smallest absolute Gasteiger partial charge is 0.254 e. The molecule has 1 aliphatic heterocycles. The summed E-state index contributed by atoms with van der Waals surface area (Å²) in [5, 5.41) is 11.1. The minimum atomic E-state index is -1.26. The van der Waals surface area contributed by atoms with E-state index in [2.05, 4.69) is 31.2 Å². The summed E-state index contributed by atoms with van der Waals surface area (Å²) < 4.78 is 0. The molecule has 1 N–H and O–H groups in total. The summed E-state index contributed by atoms with van der Waals surface area (Å²) in [6.45, 7) is 5.39. The maximum absolute atomic E-state index is 12.8. The molecule has 0 radical (unpaired) electrons. The zero-order valence-corrected chi connectivity index (χ0v) is 18.3. The number of carbonyl (C=O) groups is 2. The number of carboxylic acids is 1. The molecule has 2 fully saturated rings. The number of nitrogens with one attached hydrogen (secondary N) is 1. The van der Waals surface area contributed by atoms with Gasteiger partial charge < -0.3 is 19.7 Å². The first-order valence-corrected chi connectivity index (χ1v) is 11.6. The van der Waals surface area contributed by atoms with E-state index in [1.54, 1.807) is 12.1 Å². The molecule has 164 valence electrons. The van der Waals surface area contributed by atoms with Crippen molar-refractivity contribution in [3.05, 3.63) is 70.8 Å². The monoisotopic (exact) mass is 420 g/mol. The van der Waals surface area contributed by atoms with Gasteiger partial charge >= 0.3 is 0 Å². The van der Waals surface area contributed by atoms with Crippen LogP contribution < -0.4 is 10.0 Å². The number of hydrogen-bond acceptors (Lipinski definition) is 3. The highest BCUT2D eigenvalue weighted by Gasteiger charge is 2.28. The lowest BCUT2D eigenvalue weighted by molar-refractivity contribution is -0.933. The number of aromatic carboxylic acids is 1. The molecule has 1 aliphatic carbocycles. The van der Waals surface area contributed by atoms with Gasteiger partial charge in [-0.2, -0.15) is 0 Å². The molecule has 2 aromatic carbocycles. The van der Waals surface area contributed by atoms with Crippen LogP contribution in [-0.2, 0) is 0 Å². The van der Waals surface area contributed by atoms with E-state index in [-0.39, 0.29) is 11.5 Å². The van der Waals surface area contributed by atoms with E-state index in [9.17, 15) is 14.7 Å². The van der Waals surface area contributed by atoms with Gasteiger partial charge in [-0.1, -0.05) is 55.7 Å². The third kappa shape index (κ3) is 4.99. The molecule has 1 heterocycles. The lowest BCUT2D eigenvalue weighted by Crippen LogP contribution is -3.14. The number of quaternary nitrogens is 1. The Kier molecular flexibility index (Phi) is 6.71. The average molecular weight is 421 g/mol. The highest BCUT2D eigenvalue weighted by Crippen LogP contribution is 2.32. The molecule has 0 bridgehead atoms. The molecular formula is C26H32N2O3. The Morgan fingerprint density at radius 2 is 1.61 bits per heavy atom. The number of amides is 1. The van der Waals surface area contributed by atoms with Crippen LogP contribution in [0, 0.1) is 0 Å². The number of hydrogen-bond donors (Lipinski definition) is 1. The van der Waals surface area contributed by atoms with Crippen molar-refractivity contribution >= 4 is 11.9 Å². The molecule has 4 rings (SSSR count). The van der Waals surface area contributed by atoms with E-state index in [0.29, 0.717) is 24.7 Å². The molecule has 0 aromatic heterocycles. The van der Waals surface area contributed by atoms with Crippen LogP contribution in [0.2, 0.25) is 0 Å². The predicted octanol–water partition coefficient (Wildman–Crippen LogP) is 2.20. The molecular weight excluding hydrogens is 388 g/mol. The van der Waals surface area contributed by atoms with Gasteiger partial charge in [0.1, 0.15) is 6.04 Å². The first kappa shape index (κ1) is 21.6. The largest absolute Gasteiger partial charge is 0.545 e. The highest BCUT2D eigenvalue weighted by molar-refractivity contribution is 5.97. The Hall–Kier alpha value is -2.66. The summed E-state index contributed by atoms with van der Waals surface area (Å²) in [6, 6.07) is 15.8. The topological polar surface area (TPSA) is 64.9 Å². The SMILES string of the molecule is C[C@H](c1ccc(C2CCCCC2)cc1)[NH+]1CCN(C(=O)c2cccc(C(=O)[O-])c2)CC1. The van der Waals surface area contributed by atoms with Crippen LogP contribution in [0.4, 0.5) is 0 Å². The average Bonchev–Trinajstić information content (AvgIpc) is 2.84. The fraction of sp³-hybridized carbons (Fsp3) is 0.462. The van der Waals surface area contributed by atoms with Crippen LogP contribution in [0.3, 0.4) is 0 Å². The molecule has 31 heavy (non-hydrogen) atoms. The van der Waals surface area contributed by atoms with Crippen LogP contribution in [0.5, 0.6) is 0 Å². The van der Waals surface area contributed by atoms with Gasteiger partial charge in [-0.05, 0) is 48.9 Å². The maximum Gasteiger partial charge on any atom is 0.254 e. The minimum Gasteiger partial charge on any atom is -0.545 e. The van der Waals surface area contributed by atoms with Crippen LogP contribution in [0.15, 0.2) is 48.5 Å². The molecule has 1 saturated carbocycles. The van der Waals surface area contributed by atoms with Crippen molar-refractivity contribution in [2.24, 2.45) is 0 Å². The van der Waals surface area contributed by atoms with Crippen LogP contribution in [-0.4, -0.2) is 43.0 Å². The molecule has 0 unspecified atom stereocenters. The third-order valence-corrected chi connectivity index (χ3v) is 7.16. The number of carbonyl (C=O) groups excluding carboxylic acids is 2. The molecule has 1 saturated heterocycles. The predicted molar refractivity (Wildman–Crippen MR) is 118 cm³/mol. The van der Waals surface area contributed by atoms with Gasteiger partial charge in [0.25, 0.3) is 5.91 Å². The van der Waals surface area contributed by atoms with Gasteiger partial charge in [0, 0.05) is 11.1 Å². The van der Waals surface area contributed by atoms with E-state index < -0.39 is 5.97 Å². The van der Waals surface area contributed by atoms with E-state index in [1.165, 1.54) is 60.3 Å². The lowest BCUT2D eigenvalue weighted by Gasteiger charge is -2.35. The minimum absolute atomic E-state index is 0.0420. The van der Waals surface area contributed by atoms with Crippen LogP contribution in [0.1, 0.15) is 82.8 Å². The van der Waals surface area contributed by atoms with Crippen molar-refractivity contribution in [1.29, 1.82) is 0 Å². The van der Waals surface area contributed by atoms with Gasteiger partial charge in [0.2, 0.25) is 0 Å². The Balaban J connectivity index is 1.34. The van der Waals surface area contributed by atoms with E-state index in [1.807, 2.05) is 4.90 Å². The summed E-state index contributed by atoms with van der Waals surface area (Å²) >= 11 is 0. The lowest BCUT2D eigenvalue weighted by atomic mass is 9.83. The van der Waals surface area contributed by atoms with Crippen molar-refractivity contribution in [1.82, 2.24) is 4.90 Å². The quantitative estimate of drug-likeness (QED) is 0.807. The molecule has 2 aromatic rings. The van der Waals surface area contributed by atoms with Gasteiger partial charge in [0.05, 0.1) is 32.1 Å². The van der Waals surface area contributed by atoms with Gasteiger partial charge in [-0.25, -0.2) is 0 Å². The van der Waals surface area contributed by atoms with Crippen LogP contribution >= 0.6 is 0 Å². The standard InChI is InChI=1S/C26H32N2O3/c1-19(20-10-12-22(13-11-20)21-6-3-2-4-7-21)27-14-16-28(17-15-27)25(29)23-8-5-9-24(18-23)26(30)31/h5,8-13,18-19,21H,2-4,6-7,14-17H2,1H3,(H,30,31)/t19-/m1/s1. The number of carboxylic acid groups (broad SMARTS) is 1. The van der Waals surface area contributed by atoms with Crippen molar-refractivity contribution in [2.75, 3.05) is 26.2 Å². The molecule has 5 heteroatoms. The normalized spacial score (nSPS) is 19.2. The molecule has 1 amide bonds. The number of piperazine rings is 1. The number of nitrogens with zero attached hydrogens (tertiary/aromatic N) is 1. The summed E-state index contributed by atoms with van der Waals surface area (Å²) in [5.74, 6) is -0.630. The fourth-order valence-corrected chi connectivity index (χ4v) is 5.12. The molecule has 2 aliphatic rings. The van der Waals surface area contributed by atoms with Crippen molar-refractivity contribution in [2.45, 2.75) is 51.0 Å². The van der Waals surface area contributed by atoms with Gasteiger partial charge in [-0.15, -0.1) is 0 Å². The second-order valence-corrected chi connectivity index (χ2v) is 9.04. The summed E-state index contributed by atoms with van der Waals surface area (Å²) in [5.41, 5.74) is 3.30. The first-order chi connectivity index (χ1) is 15.0. The van der Waals surface area contributed by atoms with Gasteiger partial charge in [-0.3, -0.25) is 4.79 Å². The Labute approximate surface area is 184 Å². The zero-order chi connectivity index (χ0) is 21.8. The Bertz CT molecular complexity index is 911. The first-order valence-electron chi connectivity index (χ1n) is 11.6. The summed E-state index contributed by atoms with van der Waals surface area (Å²) in [4.78, 5) is 27.2. The second-order valence-electron chi connectivity index (χ2n) is 9.04. The van der Waals surface area contributed by atoms with E-state index >= 15 is 0 Å². The number of benzene rings is 2. The highest BCUT2D eigenvalue weighted by atomic mass is 16.4. The van der Waals surface area contributed by atoms with Crippen molar-refractivity contribution in [3.8, 4) is 0 Å².